The maximum atomic E-state index is 10.7. The van der Waals surface area contributed by atoms with Crippen molar-refractivity contribution >= 4 is 33.8 Å². The van der Waals surface area contributed by atoms with Crippen molar-refractivity contribution in [3.05, 3.63) is 54.0 Å². The zero-order valence-corrected chi connectivity index (χ0v) is 17.2. The van der Waals surface area contributed by atoms with Crippen LogP contribution < -0.4 is 14.5 Å². The molecule has 2 aliphatic heterocycles. The molecule has 1 fully saturated rings. The van der Waals surface area contributed by atoms with Crippen LogP contribution in [0.4, 0.5) is 11.4 Å². The molecule has 0 aliphatic carbocycles. The van der Waals surface area contributed by atoms with Gasteiger partial charge in [-0.3, -0.25) is 5.41 Å². The maximum absolute atomic E-state index is 10.7. The van der Waals surface area contributed by atoms with E-state index >= 15 is 0 Å². The number of nitrogens with zero attached hydrogens (tertiary/aromatic N) is 4. The average Bonchev–Trinajstić information content (AvgIpc) is 3.47. The second kappa shape index (κ2) is 7.09. The summed E-state index contributed by atoms with van der Waals surface area (Å²) in [5.41, 5.74) is 4.27. The molecule has 0 saturated carbocycles. The second-order valence-electron chi connectivity index (χ2n) is 7.82. The van der Waals surface area contributed by atoms with E-state index in [1.165, 1.54) is 18.5 Å². The minimum Gasteiger partial charge on any atom is -0.509 e. The number of ether oxygens (including phenoxy) is 1. The zero-order valence-electron chi connectivity index (χ0n) is 17.2. The van der Waals surface area contributed by atoms with E-state index in [-0.39, 0.29) is 18.1 Å². The Kier molecular flexibility index (Phi) is 4.38. The molecule has 5 rings (SSSR count). The van der Waals surface area contributed by atoms with Gasteiger partial charge in [-0.2, -0.15) is 0 Å². The molecule has 1 saturated heterocycles. The summed E-state index contributed by atoms with van der Waals surface area (Å²) in [5, 5.41) is 19.5. The van der Waals surface area contributed by atoms with E-state index in [0.717, 1.165) is 35.6 Å². The van der Waals surface area contributed by atoms with E-state index in [9.17, 15) is 5.11 Å². The number of benzene rings is 2. The predicted molar refractivity (Wildman–Crippen MR) is 120 cm³/mol. The number of hydrogen-bond acceptors (Lipinski definition) is 5. The van der Waals surface area contributed by atoms with Gasteiger partial charge in [0.2, 0.25) is 0 Å². The molecule has 2 N–H and O–H groups in total. The molecule has 3 aromatic rings. The minimum atomic E-state index is 0.161. The van der Waals surface area contributed by atoms with Crippen LogP contribution in [0.15, 0.2) is 48.2 Å². The molecule has 2 aliphatic rings. The Balaban J connectivity index is 1.45. The number of aryl methyl sites for hydroxylation is 1. The summed E-state index contributed by atoms with van der Waals surface area (Å²) < 4.78 is 7.21. The number of nitrogens with one attached hydrogen (secondary N) is 1. The highest BCUT2D eigenvalue weighted by molar-refractivity contribution is 6.30. The fourth-order valence-corrected chi connectivity index (χ4v) is 4.38. The first-order valence-corrected chi connectivity index (χ1v) is 10.2. The summed E-state index contributed by atoms with van der Waals surface area (Å²) in [7, 11) is 3.52. The number of aliphatic hydroxyl groups excluding tert-OH is 1. The fraction of sp³-hybridized carbons (Fsp3) is 0.304. The number of aromatic nitrogens is 2. The number of hydrogen-bond donors (Lipinski definition) is 2. The number of imidazole rings is 1. The van der Waals surface area contributed by atoms with Crippen LogP contribution in [-0.4, -0.2) is 47.2 Å². The van der Waals surface area contributed by atoms with Gasteiger partial charge in [-0.25, -0.2) is 4.98 Å². The van der Waals surface area contributed by atoms with Crippen LogP contribution in [0.3, 0.4) is 0 Å². The van der Waals surface area contributed by atoms with Gasteiger partial charge in [-0.15, -0.1) is 0 Å². The third-order valence-electron chi connectivity index (χ3n) is 6.05. The molecule has 0 atom stereocenters. The second-order valence-corrected chi connectivity index (χ2v) is 7.82. The molecular weight excluding hydrogens is 378 g/mol. The smallest absolute Gasteiger partial charge is 0.148 e. The lowest BCUT2D eigenvalue weighted by molar-refractivity contribution is 0.411. The first kappa shape index (κ1) is 18.5. The molecule has 7 nitrogen and oxygen atoms in total. The van der Waals surface area contributed by atoms with Crippen LogP contribution in [0.5, 0.6) is 5.75 Å². The van der Waals surface area contributed by atoms with E-state index in [4.69, 9.17) is 10.1 Å². The fourth-order valence-electron chi connectivity index (χ4n) is 4.38. The summed E-state index contributed by atoms with van der Waals surface area (Å²) in [5.74, 6) is 1.73. The molecule has 1 aromatic heterocycles. The van der Waals surface area contributed by atoms with Crippen molar-refractivity contribution < 1.29 is 9.84 Å². The molecule has 3 heterocycles. The van der Waals surface area contributed by atoms with Gasteiger partial charge in [0.25, 0.3) is 0 Å². The van der Waals surface area contributed by atoms with Crippen molar-refractivity contribution in [1.82, 2.24) is 9.55 Å². The van der Waals surface area contributed by atoms with E-state index < -0.39 is 0 Å². The first-order chi connectivity index (χ1) is 14.6. The molecule has 154 valence electrons. The Morgan fingerprint density at radius 1 is 1.03 bits per heavy atom. The predicted octanol–water partition coefficient (Wildman–Crippen LogP) is 3.95. The lowest BCUT2D eigenvalue weighted by Gasteiger charge is -2.22. The Morgan fingerprint density at radius 3 is 2.43 bits per heavy atom. The highest BCUT2D eigenvalue weighted by Crippen LogP contribution is 2.33. The molecule has 0 radical (unpaired) electrons. The van der Waals surface area contributed by atoms with Gasteiger partial charge >= 0.3 is 0 Å². The standard InChI is InChI=1S/C23H25N5O2/c1-26-19-10-9-17(30-2)13-18(19)25-23(26)21-20(29)14-28(22(21)24)16-7-5-15(6-8-16)27-11-3-4-12-27/h5-10,13,24,29H,3-4,11-12,14H2,1-2H3. The summed E-state index contributed by atoms with van der Waals surface area (Å²) in [6.45, 7) is 2.47. The minimum absolute atomic E-state index is 0.161. The molecule has 0 spiro atoms. The zero-order chi connectivity index (χ0) is 20.8. The van der Waals surface area contributed by atoms with Gasteiger partial charge in [0.1, 0.15) is 23.2 Å². The third-order valence-corrected chi connectivity index (χ3v) is 6.05. The third kappa shape index (κ3) is 2.89. The molecular formula is C23H25N5O2. The van der Waals surface area contributed by atoms with Crippen LogP contribution in [0.2, 0.25) is 0 Å². The number of aliphatic hydroxyl groups is 1. The van der Waals surface area contributed by atoms with Crippen molar-refractivity contribution in [3.8, 4) is 5.75 Å². The van der Waals surface area contributed by atoms with E-state index in [2.05, 4.69) is 22.0 Å². The number of fused-ring (bicyclic) bond motifs is 1. The largest absolute Gasteiger partial charge is 0.509 e. The Hall–Kier alpha value is -3.48. The summed E-state index contributed by atoms with van der Waals surface area (Å²) in [4.78, 5) is 8.89. The number of methoxy groups -OCH3 is 1. The molecule has 0 amide bonds. The highest BCUT2D eigenvalue weighted by atomic mass is 16.5. The van der Waals surface area contributed by atoms with Gasteiger partial charge in [0.15, 0.2) is 0 Å². The quantitative estimate of drug-likeness (QED) is 0.690. The SMILES string of the molecule is COc1ccc2c(c1)nc(C1=C(O)CN(c3ccc(N4CCCC4)cc3)C1=N)n2C. The van der Waals surface area contributed by atoms with Gasteiger partial charge in [-0.05, 0) is 49.2 Å². The lowest BCUT2D eigenvalue weighted by atomic mass is 10.2. The van der Waals surface area contributed by atoms with Gasteiger partial charge in [-0.1, -0.05) is 0 Å². The van der Waals surface area contributed by atoms with Gasteiger partial charge in [0, 0.05) is 37.6 Å². The van der Waals surface area contributed by atoms with E-state index in [0.29, 0.717) is 11.4 Å². The summed E-state index contributed by atoms with van der Waals surface area (Å²) in [6.07, 6.45) is 2.48. The van der Waals surface area contributed by atoms with E-state index in [1.807, 2.05) is 46.8 Å². The lowest BCUT2D eigenvalue weighted by Crippen LogP contribution is -2.26. The van der Waals surface area contributed by atoms with E-state index in [1.54, 1.807) is 7.11 Å². The van der Waals surface area contributed by atoms with Gasteiger partial charge in [0.05, 0.1) is 30.3 Å². The number of rotatable bonds is 4. The topological polar surface area (TPSA) is 77.6 Å². The van der Waals surface area contributed by atoms with Crippen molar-refractivity contribution in [3.63, 3.8) is 0 Å². The van der Waals surface area contributed by atoms with Crippen molar-refractivity contribution in [2.75, 3.05) is 36.5 Å². The number of amidine groups is 1. The first-order valence-electron chi connectivity index (χ1n) is 10.2. The van der Waals surface area contributed by atoms with Crippen LogP contribution in [0, 0.1) is 5.41 Å². The number of anilines is 2. The molecule has 7 heteroatoms. The van der Waals surface area contributed by atoms with Crippen molar-refractivity contribution in [1.29, 1.82) is 5.41 Å². The summed E-state index contributed by atoms with van der Waals surface area (Å²) in [6, 6.07) is 13.9. The van der Waals surface area contributed by atoms with Gasteiger partial charge < -0.3 is 24.2 Å². The molecule has 0 bridgehead atoms. The maximum Gasteiger partial charge on any atom is 0.148 e. The molecule has 2 aromatic carbocycles. The molecule has 30 heavy (non-hydrogen) atoms. The van der Waals surface area contributed by atoms with Crippen LogP contribution in [0.25, 0.3) is 16.6 Å². The normalized spacial score (nSPS) is 16.9. The van der Waals surface area contributed by atoms with Crippen LogP contribution >= 0.6 is 0 Å². The molecule has 0 unspecified atom stereocenters. The average molecular weight is 403 g/mol. The van der Waals surface area contributed by atoms with Crippen LogP contribution in [0.1, 0.15) is 18.7 Å². The van der Waals surface area contributed by atoms with Crippen molar-refractivity contribution in [2.24, 2.45) is 7.05 Å². The Morgan fingerprint density at radius 2 is 1.73 bits per heavy atom. The Labute approximate surface area is 175 Å². The monoisotopic (exact) mass is 403 g/mol. The highest BCUT2D eigenvalue weighted by Gasteiger charge is 2.32. The van der Waals surface area contributed by atoms with Crippen molar-refractivity contribution in [2.45, 2.75) is 12.8 Å². The summed E-state index contributed by atoms with van der Waals surface area (Å²) >= 11 is 0. The van der Waals surface area contributed by atoms with Crippen LogP contribution in [-0.2, 0) is 7.05 Å². The Bertz CT molecular complexity index is 1160.